The largest absolute Gasteiger partial charge is 0.494 e. The maximum Gasteiger partial charge on any atom is 0.145 e. The van der Waals surface area contributed by atoms with Crippen molar-refractivity contribution < 1.29 is 8.95 Å². The molecule has 0 bridgehead atoms. The number of fused-ring (bicyclic) bond motifs is 1. The topological polar surface area (TPSA) is 79.2 Å². The molecule has 22 heavy (non-hydrogen) atoms. The van der Waals surface area contributed by atoms with Gasteiger partial charge in [-0.15, -0.1) is 0 Å². The van der Waals surface area contributed by atoms with Crippen molar-refractivity contribution in [2.45, 2.75) is 6.42 Å². The number of nitrogens with zero attached hydrogens (tertiary/aromatic N) is 3. The Morgan fingerprint density at radius 2 is 2.27 bits per heavy atom. The van der Waals surface area contributed by atoms with Crippen molar-refractivity contribution in [1.82, 2.24) is 9.97 Å². The normalized spacial score (nSPS) is 21.0. The highest BCUT2D eigenvalue weighted by atomic mass is 32.2. The smallest absolute Gasteiger partial charge is 0.145 e. The Balaban J connectivity index is 1.92. The van der Waals surface area contributed by atoms with Gasteiger partial charge in [0.25, 0.3) is 0 Å². The highest BCUT2D eigenvalue weighted by Crippen LogP contribution is 2.32. The fourth-order valence-corrected chi connectivity index (χ4v) is 4.25. The number of methoxy groups -OCH3 is 1. The third kappa shape index (κ3) is 2.99. The molecule has 3 rings (SSSR count). The zero-order valence-corrected chi connectivity index (χ0v) is 13.6. The minimum absolute atomic E-state index is 0.283. The average Bonchev–Trinajstić information content (AvgIpc) is 2.92. The molecule has 6 nitrogen and oxygen atoms in total. The quantitative estimate of drug-likeness (QED) is 0.933. The van der Waals surface area contributed by atoms with Crippen LogP contribution in [0.25, 0.3) is 10.9 Å². The first-order chi connectivity index (χ1) is 10.5. The summed E-state index contributed by atoms with van der Waals surface area (Å²) in [5.41, 5.74) is 0.804. The van der Waals surface area contributed by atoms with E-state index in [1.54, 1.807) is 13.4 Å². The summed E-state index contributed by atoms with van der Waals surface area (Å²) in [6.45, 7) is 1.65. The van der Waals surface area contributed by atoms with Crippen molar-refractivity contribution in [3.63, 3.8) is 0 Å². The van der Waals surface area contributed by atoms with Gasteiger partial charge in [-0.05, 0) is 24.5 Å². The van der Waals surface area contributed by atoms with Gasteiger partial charge in [-0.2, -0.15) is 0 Å². The molecule has 0 radical (unpaired) electrons. The maximum atomic E-state index is 11.7. The highest BCUT2D eigenvalue weighted by Gasteiger charge is 2.26. The molecule has 0 saturated carbocycles. The molecule has 7 heteroatoms. The Hall–Kier alpha value is -1.89. The Kier molecular flexibility index (Phi) is 3.90. The van der Waals surface area contributed by atoms with Gasteiger partial charge in [0.05, 0.1) is 7.11 Å². The van der Waals surface area contributed by atoms with Gasteiger partial charge < -0.3 is 9.64 Å². The SMILES string of the molecule is COc1cccc2c(N3CC[C@@H](CS(C)(=N)=O)C3)ncnc12. The summed E-state index contributed by atoms with van der Waals surface area (Å²) in [6, 6.07) is 5.82. The number of ether oxygens (including phenoxy) is 1. The van der Waals surface area contributed by atoms with Crippen molar-refractivity contribution >= 4 is 26.4 Å². The van der Waals surface area contributed by atoms with E-state index in [1.807, 2.05) is 18.2 Å². The van der Waals surface area contributed by atoms with Crippen LogP contribution < -0.4 is 9.64 Å². The molecule has 1 aliphatic rings. The summed E-state index contributed by atoms with van der Waals surface area (Å²) in [6.07, 6.45) is 4.01. The van der Waals surface area contributed by atoms with E-state index in [0.29, 0.717) is 5.75 Å². The molecular formula is C15H20N4O2S. The van der Waals surface area contributed by atoms with E-state index in [9.17, 15) is 4.21 Å². The number of nitrogens with one attached hydrogen (secondary N) is 1. The molecule has 1 unspecified atom stereocenters. The van der Waals surface area contributed by atoms with Gasteiger partial charge in [0, 0.05) is 40.2 Å². The fourth-order valence-electron chi connectivity index (χ4n) is 3.07. The number of para-hydroxylation sites is 1. The Bertz CT molecular complexity index is 791. The summed E-state index contributed by atoms with van der Waals surface area (Å²) >= 11 is 0. The van der Waals surface area contributed by atoms with Crippen LogP contribution in [0.4, 0.5) is 5.82 Å². The van der Waals surface area contributed by atoms with Crippen molar-refractivity contribution in [3.05, 3.63) is 24.5 Å². The third-order valence-electron chi connectivity index (χ3n) is 3.97. The molecule has 2 aromatic rings. The number of anilines is 1. The fraction of sp³-hybridized carbons (Fsp3) is 0.467. The van der Waals surface area contributed by atoms with E-state index in [2.05, 4.69) is 14.9 Å². The van der Waals surface area contributed by atoms with Crippen molar-refractivity contribution in [2.75, 3.05) is 37.1 Å². The van der Waals surface area contributed by atoms with Crippen LogP contribution >= 0.6 is 0 Å². The van der Waals surface area contributed by atoms with E-state index >= 15 is 0 Å². The molecule has 1 aliphatic heterocycles. The second-order valence-corrected chi connectivity index (χ2v) is 8.17. The minimum Gasteiger partial charge on any atom is -0.494 e. The summed E-state index contributed by atoms with van der Waals surface area (Å²) in [4.78, 5) is 11.0. The van der Waals surface area contributed by atoms with Crippen molar-refractivity contribution in [2.24, 2.45) is 5.92 Å². The van der Waals surface area contributed by atoms with Crippen LogP contribution in [0.3, 0.4) is 0 Å². The first kappa shape index (κ1) is 15.0. The number of hydrogen-bond donors (Lipinski definition) is 1. The van der Waals surface area contributed by atoms with Crippen molar-refractivity contribution in [1.29, 1.82) is 4.78 Å². The predicted molar refractivity (Wildman–Crippen MR) is 88.1 cm³/mol. The highest BCUT2D eigenvalue weighted by molar-refractivity contribution is 7.91. The molecule has 118 valence electrons. The van der Waals surface area contributed by atoms with Crippen LogP contribution in [0.5, 0.6) is 5.75 Å². The first-order valence-corrected chi connectivity index (χ1v) is 9.35. The molecular weight excluding hydrogens is 300 g/mol. The zero-order chi connectivity index (χ0) is 15.7. The molecule has 1 fully saturated rings. The van der Waals surface area contributed by atoms with Crippen LogP contribution in [-0.2, 0) is 9.73 Å². The van der Waals surface area contributed by atoms with Crippen LogP contribution in [-0.4, -0.2) is 46.4 Å². The molecule has 2 atom stereocenters. The van der Waals surface area contributed by atoms with Gasteiger partial charge in [-0.3, -0.25) is 8.99 Å². The van der Waals surface area contributed by atoms with E-state index in [4.69, 9.17) is 9.52 Å². The summed E-state index contributed by atoms with van der Waals surface area (Å²) in [5.74, 6) is 2.36. The molecule has 1 aromatic heterocycles. The predicted octanol–water partition coefficient (Wildman–Crippen LogP) is 2.14. The van der Waals surface area contributed by atoms with E-state index in [0.717, 1.165) is 42.0 Å². The molecule has 1 N–H and O–H groups in total. The monoisotopic (exact) mass is 320 g/mol. The van der Waals surface area contributed by atoms with Crippen LogP contribution in [0.15, 0.2) is 24.5 Å². The second-order valence-electron chi connectivity index (χ2n) is 5.83. The lowest BCUT2D eigenvalue weighted by Crippen LogP contribution is -2.23. The van der Waals surface area contributed by atoms with E-state index < -0.39 is 9.73 Å². The summed E-state index contributed by atoms with van der Waals surface area (Å²) < 4.78 is 24.7. The van der Waals surface area contributed by atoms with Crippen molar-refractivity contribution in [3.8, 4) is 5.75 Å². The molecule has 0 spiro atoms. The molecule has 0 amide bonds. The minimum atomic E-state index is -2.45. The van der Waals surface area contributed by atoms with Crippen LogP contribution in [0.2, 0.25) is 0 Å². The zero-order valence-electron chi connectivity index (χ0n) is 12.8. The Morgan fingerprint density at radius 3 is 3.00 bits per heavy atom. The lowest BCUT2D eigenvalue weighted by molar-refractivity contribution is 0.419. The summed E-state index contributed by atoms with van der Waals surface area (Å²) in [5, 5.41) is 0.964. The lowest BCUT2D eigenvalue weighted by atomic mass is 10.2. The van der Waals surface area contributed by atoms with Gasteiger partial charge >= 0.3 is 0 Å². The Labute approximate surface area is 130 Å². The Morgan fingerprint density at radius 1 is 1.45 bits per heavy atom. The first-order valence-electron chi connectivity index (χ1n) is 7.22. The van der Waals surface area contributed by atoms with E-state index in [-0.39, 0.29) is 5.92 Å². The number of rotatable bonds is 4. The van der Waals surface area contributed by atoms with Gasteiger partial charge in [-0.1, -0.05) is 6.07 Å². The van der Waals surface area contributed by atoms with Gasteiger partial charge in [0.2, 0.25) is 0 Å². The number of hydrogen-bond acceptors (Lipinski definition) is 6. The van der Waals surface area contributed by atoms with E-state index in [1.165, 1.54) is 6.26 Å². The molecule has 2 heterocycles. The standard InChI is InChI=1S/C15H20N4O2S/c1-21-13-5-3-4-12-14(13)17-10-18-15(12)19-7-6-11(8-19)9-22(2,16)20/h3-5,10-11,16H,6-9H2,1-2H3/t11-,22?/m1/s1. The molecule has 1 aromatic carbocycles. The molecule has 0 aliphatic carbocycles. The van der Waals surface area contributed by atoms with Gasteiger partial charge in [-0.25, -0.2) is 9.97 Å². The second kappa shape index (κ2) is 5.72. The van der Waals surface area contributed by atoms with Crippen LogP contribution in [0.1, 0.15) is 6.42 Å². The van der Waals surface area contributed by atoms with Crippen LogP contribution in [0, 0.1) is 10.7 Å². The van der Waals surface area contributed by atoms with Gasteiger partial charge in [0.15, 0.2) is 0 Å². The molecule has 1 saturated heterocycles. The average molecular weight is 320 g/mol. The third-order valence-corrected chi connectivity index (χ3v) is 5.07. The van der Waals surface area contributed by atoms with Gasteiger partial charge in [0.1, 0.15) is 23.4 Å². The number of aromatic nitrogens is 2. The lowest BCUT2D eigenvalue weighted by Gasteiger charge is -2.19. The summed E-state index contributed by atoms with van der Waals surface area (Å²) in [7, 11) is -0.812. The maximum absolute atomic E-state index is 11.7. The number of benzene rings is 1.